The Labute approximate surface area is 144 Å². The summed E-state index contributed by atoms with van der Waals surface area (Å²) in [6, 6.07) is 8.44. The Morgan fingerprint density at radius 2 is 2.00 bits per heavy atom. The SMILES string of the molecule is CC(C)(C)OC(=O)NCc1cccc(SCC2CCCCC2)c1. The zero-order chi connectivity index (χ0) is 16.7. The molecule has 1 fully saturated rings. The van der Waals surface area contributed by atoms with Crippen LogP contribution in [0.15, 0.2) is 29.2 Å². The maximum Gasteiger partial charge on any atom is 0.407 e. The molecule has 0 spiro atoms. The average Bonchev–Trinajstić information content (AvgIpc) is 2.51. The maximum absolute atomic E-state index is 11.7. The van der Waals surface area contributed by atoms with Crippen molar-refractivity contribution in [1.82, 2.24) is 5.32 Å². The smallest absolute Gasteiger partial charge is 0.407 e. The van der Waals surface area contributed by atoms with E-state index in [1.165, 1.54) is 42.8 Å². The second-order valence-corrected chi connectivity index (χ2v) is 8.41. The van der Waals surface area contributed by atoms with Crippen molar-refractivity contribution in [3.8, 4) is 0 Å². The highest BCUT2D eigenvalue weighted by atomic mass is 32.2. The number of carbonyl (C=O) groups is 1. The van der Waals surface area contributed by atoms with E-state index >= 15 is 0 Å². The number of hydrogen-bond acceptors (Lipinski definition) is 3. The molecule has 0 unspecified atom stereocenters. The molecule has 0 aliphatic heterocycles. The van der Waals surface area contributed by atoms with Gasteiger partial charge in [-0.05, 0) is 57.2 Å². The van der Waals surface area contributed by atoms with Crippen molar-refractivity contribution in [3.05, 3.63) is 29.8 Å². The highest BCUT2D eigenvalue weighted by Gasteiger charge is 2.16. The van der Waals surface area contributed by atoms with Gasteiger partial charge in [0.2, 0.25) is 0 Å². The molecule has 2 rings (SSSR count). The van der Waals surface area contributed by atoms with Crippen LogP contribution >= 0.6 is 11.8 Å². The van der Waals surface area contributed by atoms with Crippen LogP contribution in [0.5, 0.6) is 0 Å². The summed E-state index contributed by atoms with van der Waals surface area (Å²) in [7, 11) is 0. The molecule has 1 aromatic rings. The molecule has 0 bridgehead atoms. The zero-order valence-electron chi connectivity index (χ0n) is 14.6. The van der Waals surface area contributed by atoms with E-state index in [1.807, 2.05) is 38.6 Å². The van der Waals surface area contributed by atoms with Gasteiger partial charge in [0.15, 0.2) is 0 Å². The van der Waals surface area contributed by atoms with Gasteiger partial charge in [-0.25, -0.2) is 4.79 Å². The van der Waals surface area contributed by atoms with Gasteiger partial charge in [0, 0.05) is 17.2 Å². The lowest BCUT2D eigenvalue weighted by molar-refractivity contribution is 0.0523. The van der Waals surface area contributed by atoms with Crippen molar-refractivity contribution in [2.75, 3.05) is 5.75 Å². The van der Waals surface area contributed by atoms with Crippen molar-refractivity contribution in [2.45, 2.75) is 69.9 Å². The molecule has 4 heteroatoms. The standard InChI is InChI=1S/C19H29NO2S/c1-19(2,3)22-18(21)20-13-16-10-7-11-17(12-16)23-14-15-8-5-4-6-9-15/h7,10-12,15H,4-6,8-9,13-14H2,1-3H3,(H,20,21). The molecular weight excluding hydrogens is 306 g/mol. The van der Waals surface area contributed by atoms with E-state index in [0.717, 1.165) is 11.5 Å². The third-order valence-corrected chi connectivity index (χ3v) is 5.17. The summed E-state index contributed by atoms with van der Waals surface area (Å²) >= 11 is 1.94. The lowest BCUT2D eigenvalue weighted by Crippen LogP contribution is -2.32. The Balaban J connectivity index is 1.78. The number of benzene rings is 1. The van der Waals surface area contributed by atoms with E-state index in [-0.39, 0.29) is 6.09 Å². The fraction of sp³-hybridized carbons (Fsp3) is 0.632. The number of thioether (sulfide) groups is 1. The van der Waals surface area contributed by atoms with Crippen LogP contribution in [-0.2, 0) is 11.3 Å². The topological polar surface area (TPSA) is 38.3 Å². The number of nitrogens with one attached hydrogen (secondary N) is 1. The molecule has 3 nitrogen and oxygen atoms in total. The second kappa shape index (κ2) is 8.62. The first kappa shape index (κ1) is 18.2. The summed E-state index contributed by atoms with van der Waals surface area (Å²) in [5, 5.41) is 2.82. The van der Waals surface area contributed by atoms with Crippen molar-refractivity contribution < 1.29 is 9.53 Å². The minimum atomic E-state index is -0.457. The maximum atomic E-state index is 11.7. The van der Waals surface area contributed by atoms with E-state index in [9.17, 15) is 4.79 Å². The minimum absolute atomic E-state index is 0.363. The molecule has 1 amide bonds. The van der Waals surface area contributed by atoms with Crippen LogP contribution in [0.1, 0.15) is 58.4 Å². The molecule has 1 saturated carbocycles. The summed E-state index contributed by atoms with van der Waals surface area (Å²) in [6.45, 7) is 6.12. The second-order valence-electron chi connectivity index (χ2n) is 7.32. The number of ether oxygens (including phenoxy) is 1. The third kappa shape index (κ3) is 7.30. The average molecular weight is 336 g/mol. The molecule has 0 saturated heterocycles. The van der Waals surface area contributed by atoms with Crippen LogP contribution in [0.25, 0.3) is 0 Å². The van der Waals surface area contributed by atoms with E-state index < -0.39 is 5.60 Å². The van der Waals surface area contributed by atoms with Crippen molar-refractivity contribution in [2.24, 2.45) is 5.92 Å². The summed E-state index contributed by atoms with van der Waals surface area (Å²) < 4.78 is 5.26. The predicted octanol–water partition coefficient (Wildman–Crippen LogP) is 5.38. The largest absolute Gasteiger partial charge is 0.444 e. The monoisotopic (exact) mass is 335 g/mol. The van der Waals surface area contributed by atoms with Crippen molar-refractivity contribution in [1.29, 1.82) is 0 Å². The first-order valence-electron chi connectivity index (χ1n) is 8.61. The van der Waals surface area contributed by atoms with Crippen LogP contribution < -0.4 is 5.32 Å². The van der Waals surface area contributed by atoms with Crippen LogP contribution in [0, 0.1) is 5.92 Å². The minimum Gasteiger partial charge on any atom is -0.444 e. The van der Waals surface area contributed by atoms with Crippen LogP contribution in [0.2, 0.25) is 0 Å². The molecule has 0 atom stereocenters. The summed E-state index contributed by atoms with van der Waals surface area (Å²) in [4.78, 5) is 13.0. The lowest BCUT2D eigenvalue weighted by Gasteiger charge is -2.21. The molecule has 128 valence electrons. The van der Waals surface area contributed by atoms with E-state index in [4.69, 9.17) is 4.74 Å². The Bertz CT molecular complexity index is 504. The Morgan fingerprint density at radius 3 is 2.70 bits per heavy atom. The van der Waals surface area contributed by atoms with Gasteiger partial charge in [0.05, 0.1) is 0 Å². The first-order chi connectivity index (χ1) is 10.9. The summed E-state index contributed by atoms with van der Waals surface area (Å²) in [5.74, 6) is 2.08. The van der Waals surface area contributed by atoms with E-state index in [1.54, 1.807) is 0 Å². The van der Waals surface area contributed by atoms with Crippen molar-refractivity contribution in [3.63, 3.8) is 0 Å². The normalized spacial score (nSPS) is 16.1. The van der Waals surface area contributed by atoms with Crippen LogP contribution in [0.3, 0.4) is 0 Å². The molecule has 0 aromatic heterocycles. The number of hydrogen-bond donors (Lipinski definition) is 1. The van der Waals surface area contributed by atoms with Gasteiger partial charge in [0.25, 0.3) is 0 Å². The molecule has 1 aliphatic carbocycles. The van der Waals surface area contributed by atoms with Gasteiger partial charge in [-0.15, -0.1) is 11.8 Å². The predicted molar refractivity (Wildman–Crippen MR) is 96.8 cm³/mol. The highest BCUT2D eigenvalue weighted by molar-refractivity contribution is 7.99. The van der Waals surface area contributed by atoms with Crippen LogP contribution in [-0.4, -0.2) is 17.4 Å². The molecule has 0 radical (unpaired) electrons. The molecule has 23 heavy (non-hydrogen) atoms. The highest BCUT2D eigenvalue weighted by Crippen LogP contribution is 2.30. The van der Waals surface area contributed by atoms with Gasteiger partial charge >= 0.3 is 6.09 Å². The number of carbonyl (C=O) groups excluding carboxylic acids is 1. The van der Waals surface area contributed by atoms with Gasteiger partial charge in [-0.3, -0.25) is 0 Å². The van der Waals surface area contributed by atoms with Crippen molar-refractivity contribution >= 4 is 17.9 Å². The third-order valence-electron chi connectivity index (χ3n) is 3.94. The molecule has 1 aliphatic rings. The summed E-state index contributed by atoms with van der Waals surface area (Å²) in [6.07, 6.45) is 6.60. The first-order valence-corrected chi connectivity index (χ1v) is 9.59. The van der Waals surface area contributed by atoms with E-state index in [2.05, 4.69) is 23.5 Å². The van der Waals surface area contributed by atoms with Gasteiger partial charge < -0.3 is 10.1 Å². The molecule has 1 N–H and O–H groups in total. The Morgan fingerprint density at radius 1 is 1.26 bits per heavy atom. The Hall–Kier alpha value is -1.16. The fourth-order valence-corrected chi connectivity index (χ4v) is 3.97. The number of rotatable bonds is 5. The molecule has 1 aromatic carbocycles. The van der Waals surface area contributed by atoms with Gasteiger partial charge in [-0.1, -0.05) is 31.4 Å². The van der Waals surface area contributed by atoms with E-state index in [0.29, 0.717) is 6.54 Å². The number of alkyl carbamates (subject to hydrolysis) is 1. The van der Waals surface area contributed by atoms with Crippen LogP contribution in [0.4, 0.5) is 4.79 Å². The zero-order valence-corrected chi connectivity index (χ0v) is 15.4. The summed E-state index contributed by atoms with van der Waals surface area (Å²) in [5.41, 5.74) is 0.659. The quantitative estimate of drug-likeness (QED) is 0.734. The number of amides is 1. The lowest BCUT2D eigenvalue weighted by atomic mass is 9.91. The van der Waals surface area contributed by atoms with Gasteiger partial charge in [-0.2, -0.15) is 0 Å². The fourth-order valence-electron chi connectivity index (χ4n) is 2.80. The Kier molecular flexibility index (Phi) is 6.82. The molecule has 0 heterocycles. The van der Waals surface area contributed by atoms with Gasteiger partial charge in [0.1, 0.15) is 5.60 Å². The molecular formula is C19H29NO2S.